The normalized spacial score (nSPS) is 13.2. The van der Waals surface area contributed by atoms with Crippen LogP contribution in [0.4, 0.5) is 0 Å². The highest BCUT2D eigenvalue weighted by Gasteiger charge is 2.25. The van der Waals surface area contributed by atoms with E-state index in [1.54, 1.807) is 21.1 Å². The molecule has 2 unspecified atom stereocenters. The second kappa shape index (κ2) is 24.2. The molecule has 8 heteroatoms. The number of rotatable bonds is 27. The summed E-state index contributed by atoms with van der Waals surface area (Å²) in [7, 11) is 5.37. The molecule has 0 heterocycles. The molecule has 0 saturated carbocycles. The number of ether oxygens (including phenoxy) is 3. The summed E-state index contributed by atoms with van der Waals surface area (Å²) < 4.78 is 16.8. The second-order valence-corrected chi connectivity index (χ2v) is 11.7. The quantitative estimate of drug-likeness (QED) is 0.0763. The Kier molecular flexibility index (Phi) is 23.1. The van der Waals surface area contributed by atoms with E-state index in [0.29, 0.717) is 12.8 Å². The Labute approximate surface area is 238 Å². The van der Waals surface area contributed by atoms with Crippen LogP contribution in [0.1, 0.15) is 129 Å². The molecule has 2 atom stereocenters. The lowest BCUT2D eigenvalue weighted by Crippen LogP contribution is -2.55. The van der Waals surface area contributed by atoms with Gasteiger partial charge in [-0.25, -0.2) is 0 Å². The Morgan fingerprint density at radius 1 is 0.667 bits per heavy atom. The Hall–Kier alpha value is -1.67. The fourth-order valence-electron chi connectivity index (χ4n) is 4.48. The van der Waals surface area contributed by atoms with Gasteiger partial charge in [-0.05, 0) is 12.8 Å². The van der Waals surface area contributed by atoms with Crippen LogP contribution in [0.15, 0.2) is 0 Å². The molecule has 0 aliphatic carbocycles. The van der Waals surface area contributed by atoms with Crippen LogP contribution in [0.2, 0.25) is 0 Å². The molecule has 0 aliphatic rings. The van der Waals surface area contributed by atoms with Crippen molar-refractivity contribution in [1.82, 2.24) is 0 Å². The van der Waals surface area contributed by atoms with Crippen LogP contribution in [0, 0.1) is 0 Å². The summed E-state index contributed by atoms with van der Waals surface area (Å²) >= 11 is 0. The molecule has 0 amide bonds. The van der Waals surface area contributed by atoms with Crippen LogP contribution >= 0.6 is 0 Å². The molecule has 0 aromatic rings. The molecular weight excluding hydrogens is 498 g/mol. The van der Waals surface area contributed by atoms with Gasteiger partial charge < -0.3 is 28.6 Å². The molecule has 0 rings (SSSR count). The first-order chi connectivity index (χ1) is 18.6. The van der Waals surface area contributed by atoms with Crippen molar-refractivity contribution in [2.45, 2.75) is 142 Å². The van der Waals surface area contributed by atoms with Gasteiger partial charge in [0.1, 0.15) is 12.6 Å². The van der Waals surface area contributed by atoms with Crippen molar-refractivity contribution in [1.29, 1.82) is 0 Å². The van der Waals surface area contributed by atoms with Crippen molar-refractivity contribution in [3.05, 3.63) is 0 Å². The van der Waals surface area contributed by atoms with Gasteiger partial charge in [-0.15, -0.1) is 0 Å². The highest BCUT2D eigenvalue weighted by atomic mass is 16.6. The first-order valence-electron chi connectivity index (χ1n) is 15.6. The minimum absolute atomic E-state index is 0.0450. The lowest BCUT2D eigenvalue weighted by molar-refractivity contribution is -0.889. The molecule has 39 heavy (non-hydrogen) atoms. The third kappa shape index (κ3) is 22.8. The number of aliphatic carboxylic acids is 1. The summed E-state index contributed by atoms with van der Waals surface area (Å²) in [5.74, 6) is -1.76. The number of carboxylic acids is 1. The number of nitrogens with zero attached hydrogens (tertiary/aromatic N) is 1. The van der Waals surface area contributed by atoms with Crippen molar-refractivity contribution in [3.63, 3.8) is 0 Å². The number of carbonyl (C=O) groups is 3. The van der Waals surface area contributed by atoms with E-state index in [9.17, 15) is 19.5 Å². The summed E-state index contributed by atoms with van der Waals surface area (Å²) in [5.41, 5.74) is 0. The minimum atomic E-state index is -1.13. The molecule has 0 radical (unpaired) electrons. The molecule has 0 saturated heterocycles. The van der Waals surface area contributed by atoms with Crippen molar-refractivity contribution < 1.29 is 38.2 Å². The van der Waals surface area contributed by atoms with Gasteiger partial charge in [0, 0.05) is 19.3 Å². The van der Waals surface area contributed by atoms with Crippen LogP contribution in [-0.4, -0.2) is 75.5 Å². The molecule has 8 nitrogen and oxygen atoms in total. The van der Waals surface area contributed by atoms with Gasteiger partial charge in [-0.2, -0.15) is 0 Å². The van der Waals surface area contributed by atoms with E-state index in [1.165, 1.54) is 57.8 Å². The number of carbonyl (C=O) groups excluding carboxylic acids is 3. The van der Waals surface area contributed by atoms with Crippen molar-refractivity contribution >= 4 is 17.9 Å². The predicted octanol–water partition coefficient (Wildman–Crippen LogP) is 5.34. The Balaban J connectivity index is 4.35. The van der Waals surface area contributed by atoms with Crippen LogP contribution in [0.5, 0.6) is 0 Å². The summed E-state index contributed by atoms with van der Waals surface area (Å²) in [4.78, 5) is 35.9. The molecule has 230 valence electrons. The van der Waals surface area contributed by atoms with Crippen molar-refractivity contribution in [2.24, 2.45) is 0 Å². The first kappa shape index (κ1) is 37.3. The third-order valence-electron chi connectivity index (χ3n) is 6.99. The van der Waals surface area contributed by atoms with Crippen LogP contribution < -0.4 is 5.11 Å². The highest BCUT2D eigenvalue weighted by Crippen LogP contribution is 2.13. The molecule has 0 aliphatic heterocycles. The van der Waals surface area contributed by atoms with E-state index in [1.807, 2.05) is 0 Å². The number of esters is 2. The van der Waals surface area contributed by atoms with Crippen LogP contribution in [-0.2, 0) is 28.6 Å². The number of hydrogen-bond donors (Lipinski definition) is 0. The van der Waals surface area contributed by atoms with Gasteiger partial charge in [0.2, 0.25) is 0 Å². The monoisotopic (exact) mass is 557 g/mol. The lowest BCUT2D eigenvalue weighted by atomic mass is 10.0. The zero-order valence-corrected chi connectivity index (χ0v) is 25.8. The predicted molar refractivity (Wildman–Crippen MR) is 153 cm³/mol. The molecule has 0 bridgehead atoms. The maximum absolute atomic E-state index is 12.4. The third-order valence-corrected chi connectivity index (χ3v) is 6.99. The van der Waals surface area contributed by atoms with Crippen molar-refractivity contribution in [3.8, 4) is 0 Å². The molecule has 0 spiro atoms. The molecule has 0 aromatic carbocycles. The number of hydrogen-bond acceptors (Lipinski definition) is 7. The van der Waals surface area contributed by atoms with Crippen molar-refractivity contribution in [2.75, 3.05) is 41.0 Å². The van der Waals surface area contributed by atoms with Gasteiger partial charge >= 0.3 is 11.9 Å². The Morgan fingerprint density at radius 3 is 1.64 bits per heavy atom. The minimum Gasteiger partial charge on any atom is -0.544 e. The standard InChI is InChI=1S/C31H59NO7/c1-6-8-10-11-12-13-14-15-16-17-18-20-22-30(34)39-27(26-38-29(33)21-19-9-7-2)25-37-24-23-28(31(35)36)32(3,4)5/h27-28H,6-26H2,1-5H3. The fourth-order valence-corrected chi connectivity index (χ4v) is 4.48. The van der Waals surface area contributed by atoms with Gasteiger partial charge in [0.25, 0.3) is 0 Å². The van der Waals surface area contributed by atoms with E-state index in [-0.39, 0.29) is 42.7 Å². The first-order valence-corrected chi connectivity index (χ1v) is 15.6. The van der Waals surface area contributed by atoms with E-state index >= 15 is 0 Å². The van der Waals surface area contributed by atoms with Crippen LogP contribution in [0.3, 0.4) is 0 Å². The molecule has 0 aromatic heterocycles. The summed E-state index contributed by atoms with van der Waals surface area (Å²) in [6.45, 7) is 4.47. The molecule has 0 N–H and O–H groups in total. The average Bonchev–Trinajstić information content (AvgIpc) is 2.86. The molecular formula is C31H59NO7. The highest BCUT2D eigenvalue weighted by molar-refractivity contribution is 5.70. The number of unbranched alkanes of at least 4 members (excludes halogenated alkanes) is 13. The SMILES string of the molecule is CCCCCCCCCCCCCCC(=O)OC(COCCC(C(=O)[O-])[N+](C)(C)C)COC(=O)CCCCC. The summed E-state index contributed by atoms with van der Waals surface area (Å²) in [6.07, 6.45) is 17.6. The van der Waals surface area contributed by atoms with Crippen LogP contribution in [0.25, 0.3) is 0 Å². The largest absolute Gasteiger partial charge is 0.544 e. The number of quaternary nitrogens is 1. The number of likely N-dealkylation sites (N-methyl/N-ethyl adjacent to an activating group) is 1. The van der Waals surface area contributed by atoms with E-state index in [2.05, 4.69) is 13.8 Å². The van der Waals surface area contributed by atoms with E-state index in [4.69, 9.17) is 14.2 Å². The maximum Gasteiger partial charge on any atom is 0.306 e. The lowest BCUT2D eigenvalue weighted by Gasteiger charge is -2.34. The smallest absolute Gasteiger partial charge is 0.306 e. The fraction of sp³-hybridized carbons (Fsp3) is 0.903. The summed E-state index contributed by atoms with van der Waals surface area (Å²) in [6, 6.07) is -0.715. The maximum atomic E-state index is 12.4. The summed E-state index contributed by atoms with van der Waals surface area (Å²) in [5, 5.41) is 11.5. The van der Waals surface area contributed by atoms with Gasteiger partial charge in [0.15, 0.2) is 6.10 Å². The van der Waals surface area contributed by atoms with Gasteiger partial charge in [-0.1, -0.05) is 97.3 Å². The Morgan fingerprint density at radius 2 is 1.13 bits per heavy atom. The van der Waals surface area contributed by atoms with Gasteiger partial charge in [-0.3, -0.25) is 9.59 Å². The molecule has 0 fully saturated rings. The average molecular weight is 558 g/mol. The second-order valence-electron chi connectivity index (χ2n) is 11.7. The number of carboxylic acid groups (broad SMARTS) is 1. The van der Waals surface area contributed by atoms with E-state index in [0.717, 1.165) is 38.5 Å². The van der Waals surface area contributed by atoms with E-state index < -0.39 is 18.1 Å². The zero-order chi connectivity index (χ0) is 29.4. The van der Waals surface area contributed by atoms with Gasteiger partial charge in [0.05, 0.1) is 40.3 Å². The topological polar surface area (TPSA) is 102 Å². The zero-order valence-electron chi connectivity index (χ0n) is 25.8. The Bertz CT molecular complexity index is 633.